The maximum Gasteiger partial charge on any atom is 0.323 e. The fraction of sp³-hybridized carbons (Fsp3) is 0.103. The third-order valence-electron chi connectivity index (χ3n) is 6.05. The van der Waals surface area contributed by atoms with Gasteiger partial charge in [0.15, 0.2) is 11.5 Å². The summed E-state index contributed by atoms with van der Waals surface area (Å²) in [6.07, 6.45) is 1.79. The van der Waals surface area contributed by atoms with E-state index in [1.165, 1.54) is 0 Å². The Kier molecular flexibility index (Phi) is 6.66. The Morgan fingerprint density at radius 1 is 0.865 bits per heavy atom. The van der Waals surface area contributed by atoms with Gasteiger partial charge in [-0.2, -0.15) is 0 Å². The van der Waals surface area contributed by atoms with Crippen molar-refractivity contribution in [3.05, 3.63) is 83.9 Å². The second kappa shape index (κ2) is 10.2. The lowest BCUT2D eigenvalue weighted by atomic mass is 10.0. The summed E-state index contributed by atoms with van der Waals surface area (Å²) in [4.78, 5) is 16.9. The molecule has 5 rings (SSSR count). The number of hydrogen-bond acceptors (Lipinski definition) is 6. The molecule has 8 heteroatoms. The number of nitrogens with two attached hydrogens (primary N) is 1. The third-order valence-corrected chi connectivity index (χ3v) is 7.06. The van der Waals surface area contributed by atoms with Gasteiger partial charge in [0, 0.05) is 38.8 Å². The number of methoxy groups -OCH3 is 2. The number of rotatable bonds is 6. The lowest BCUT2D eigenvalue weighted by molar-refractivity contribution is 0.262. The Balaban J connectivity index is 1.42. The number of thiophene rings is 1. The van der Waals surface area contributed by atoms with Gasteiger partial charge in [-0.05, 0) is 65.4 Å². The Morgan fingerprint density at radius 2 is 1.59 bits per heavy atom. The number of hydrogen-bond donors (Lipinski definition) is 3. The maximum atomic E-state index is 12.4. The van der Waals surface area contributed by atoms with Crippen LogP contribution in [0.4, 0.5) is 22.0 Å². The molecule has 37 heavy (non-hydrogen) atoms. The fourth-order valence-electron chi connectivity index (χ4n) is 4.24. The van der Waals surface area contributed by atoms with Crippen LogP contribution in [0, 0.1) is 6.92 Å². The van der Waals surface area contributed by atoms with Crippen LogP contribution in [-0.2, 0) is 0 Å². The smallest absolute Gasteiger partial charge is 0.323 e. The van der Waals surface area contributed by atoms with Crippen molar-refractivity contribution in [3.63, 3.8) is 0 Å². The predicted molar refractivity (Wildman–Crippen MR) is 152 cm³/mol. The molecule has 0 saturated carbocycles. The van der Waals surface area contributed by atoms with E-state index in [2.05, 4.69) is 21.0 Å². The Hall–Kier alpha value is -4.56. The molecule has 0 atom stereocenters. The van der Waals surface area contributed by atoms with E-state index in [0.717, 1.165) is 43.6 Å². The highest BCUT2D eigenvalue weighted by Crippen LogP contribution is 2.43. The van der Waals surface area contributed by atoms with Crippen molar-refractivity contribution in [3.8, 4) is 33.8 Å². The zero-order chi connectivity index (χ0) is 25.9. The number of aromatic nitrogens is 1. The lowest BCUT2D eigenvalue weighted by Crippen LogP contribution is -2.19. The van der Waals surface area contributed by atoms with E-state index in [-0.39, 0.29) is 6.03 Å². The van der Waals surface area contributed by atoms with Crippen molar-refractivity contribution in [2.45, 2.75) is 6.92 Å². The largest absolute Gasteiger partial charge is 0.493 e. The normalized spacial score (nSPS) is 10.8. The van der Waals surface area contributed by atoms with E-state index < -0.39 is 0 Å². The van der Waals surface area contributed by atoms with Crippen molar-refractivity contribution in [2.75, 3.05) is 30.6 Å². The molecule has 0 spiro atoms. The maximum absolute atomic E-state index is 12.4. The number of fused-ring (bicyclic) bond motifs is 1. The summed E-state index contributed by atoms with van der Waals surface area (Å²) in [5, 5.41) is 8.71. The van der Waals surface area contributed by atoms with Crippen LogP contribution >= 0.6 is 11.3 Å². The monoisotopic (exact) mass is 510 g/mol. The number of nitrogens with one attached hydrogen (secondary N) is 2. The van der Waals surface area contributed by atoms with Gasteiger partial charge in [0.05, 0.1) is 14.2 Å². The summed E-state index contributed by atoms with van der Waals surface area (Å²) in [5.74, 6) is 1.78. The molecule has 2 aromatic heterocycles. The van der Waals surface area contributed by atoms with Crippen LogP contribution in [0.1, 0.15) is 5.56 Å². The summed E-state index contributed by atoms with van der Waals surface area (Å²) in [7, 11) is 3.23. The minimum Gasteiger partial charge on any atom is -0.493 e. The number of amides is 2. The van der Waals surface area contributed by atoms with Crippen LogP contribution in [-0.4, -0.2) is 25.2 Å². The van der Waals surface area contributed by atoms with E-state index in [0.29, 0.717) is 23.0 Å². The van der Waals surface area contributed by atoms with E-state index in [4.69, 9.17) is 15.2 Å². The van der Waals surface area contributed by atoms with Crippen molar-refractivity contribution < 1.29 is 14.3 Å². The number of urea groups is 1. The van der Waals surface area contributed by atoms with Crippen LogP contribution in [0.25, 0.3) is 32.3 Å². The predicted octanol–water partition coefficient (Wildman–Crippen LogP) is 7.18. The van der Waals surface area contributed by atoms with Crippen molar-refractivity contribution in [2.24, 2.45) is 0 Å². The molecule has 0 aliphatic heterocycles. The second-order valence-corrected chi connectivity index (χ2v) is 9.39. The summed E-state index contributed by atoms with van der Waals surface area (Å²) in [6, 6.07) is 20.8. The van der Waals surface area contributed by atoms with Gasteiger partial charge in [0.1, 0.15) is 5.82 Å². The molecule has 2 amide bonds. The Morgan fingerprint density at radius 3 is 2.32 bits per heavy atom. The van der Waals surface area contributed by atoms with Gasteiger partial charge in [-0.3, -0.25) is 0 Å². The number of pyridine rings is 1. The molecule has 0 aliphatic carbocycles. The van der Waals surface area contributed by atoms with Gasteiger partial charge in [-0.15, -0.1) is 11.3 Å². The van der Waals surface area contributed by atoms with Crippen LogP contribution in [0.15, 0.2) is 78.3 Å². The highest BCUT2D eigenvalue weighted by molar-refractivity contribution is 7.18. The molecule has 0 saturated heterocycles. The molecular formula is C29H26N4O3S. The van der Waals surface area contributed by atoms with E-state index in [1.807, 2.05) is 73.7 Å². The summed E-state index contributed by atoms with van der Waals surface area (Å²) in [5.41, 5.74) is 12.8. The van der Waals surface area contributed by atoms with Crippen molar-refractivity contribution in [1.82, 2.24) is 4.98 Å². The first-order valence-corrected chi connectivity index (χ1v) is 12.5. The SMILES string of the molecule is COc1ccc(-c2cnc(N)c3c(-c4ccc(NC(=O)Nc5cccc(C)c5)cc4)csc23)cc1OC. The number of carbonyl (C=O) groups excluding carboxylic acids is 1. The Bertz CT molecular complexity index is 1600. The highest BCUT2D eigenvalue weighted by atomic mass is 32.1. The number of nitrogen functional groups attached to an aromatic ring is 1. The van der Waals surface area contributed by atoms with E-state index in [1.54, 1.807) is 31.8 Å². The van der Waals surface area contributed by atoms with Crippen molar-refractivity contribution in [1.29, 1.82) is 0 Å². The molecule has 4 N–H and O–H groups in total. The van der Waals surface area contributed by atoms with Gasteiger partial charge >= 0.3 is 6.03 Å². The molecule has 0 bridgehead atoms. The van der Waals surface area contributed by atoms with Crippen LogP contribution in [0.2, 0.25) is 0 Å². The molecule has 0 radical (unpaired) electrons. The van der Waals surface area contributed by atoms with E-state index >= 15 is 0 Å². The molecule has 2 heterocycles. The molecule has 0 unspecified atom stereocenters. The number of aryl methyl sites for hydroxylation is 1. The molecule has 5 aromatic rings. The first kappa shape index (κ1) is 24.1. The average molecular weight is 511 g/mol. The minimum atomic E-state index is -0.299. The van der Waals surface area contributed by atoms with Crippen LogP contribution in [0.5, 0.6) is 11.5 Å². The number of carbonyl (C=O) groups is 1. The molecular weight excluding hydrogens is 484 g/mol. The summed E-state index contributed by atoms with van der Waals surface area (Å²) in [6.45, 7) is 1.98. The van der Waals surface area contributed by atoms with Crippen molar-refractivity contribution >= 4 is 44.6 Å². The highest BCUT2D eigenvalue weighted by Gasteiger charge is 2.16. The van der Waals surface area contributed by atoms with Gasteiger partial charge < -0.3 is 25.8 Å². The standard InChI is InChI=1S/C29H26N4O3S/c1-17-5-4-6-21(13-17)33-29(34)32-20-10-7-18(8-11-20)23-16-37-27-22(15-31-28(30)26(23)27)19-9-12-24(35-2)25(14-19)36-3/h4-16H,1-3H3,(H2,30,31)(H2,32,33,34). The minimum absolute atomic E-state index is 0.299. The van der Waals surface area contributed by atoms with Crippen LogP contribution < -0.4 is 25.8 Å². The first-order valence-electron chi connectivity index (χ1n) is 11.6. The van der Waals surface area contributed by atoms with Gasteiger partial charge in [-0.25, -0.2) is 9.78 Å². The quantitative estimate of drug-likeness (QED) is 0.225. The average Bonchev–Trinajstić information content (AvgIpc) is 3.35. The second-order valence-electron chi connectivity index (χ2n) is 8.51. The summed E-state index contributed by atoms with van der Waals surface area (Å²) < 4.78 is 11.9. The van der Waals surface area contributed by atoms with Gasteiger partial charge in [-0.1, -0.05) is 30.3 Å². The molecule has 3 aromatic carbocycles. The number of ether oxygens (including phenoxy) is 2. The zero-order valence-corrected chi connectivity index (χ0v) is 21.5. The molecule has 7 nitrogen and oxygen atoms in total. The first-order chi connectivity index (χ1) is 18.0. The van der Waals surface area contributed by atoms with Gasteiger partial charge in [0.2, 0.25) is 0 Å². The molecule has 0 aliphatic rings. The summed E-state index contributed by atoms with van der Waals surface area (Å²) >= 11 is 1.61. The Labute approximate surface area is 218 Å². The fourth-order valence-corrected chi connectivity index (χ4v) is 5.36. The topological polar surface area (TPSA) is 98.5 Å². The molecule has 0 fully saturated rings. The van der Waals surface area contributed by atoms with E-state index in [9.17, 15) is 4.79 Å². The number of anilines is 3. The van der Waals surface area contributed by atoms with Crippen LogP contribution in [0.3, 0.4) is 0 Å². The van der Waals surface area contributed by atoms with Gasteiger partial charge in [0.25, 0.3) is 0 Å². The number of benzene rings is 3. The lowest BCUT2D eigenvalue weighted by Gasteiger charge is -2.11. The molecule has 186 valence electrons. The zero-order valence-electron chi connectivity index (χ0n) is 20.7. The number of nitrogens with zero attached hydrogens (tertiary/aromatic N) is 1. The third kappa shape index (κ3) is 4.92.